The average molecular weight is 439 g/mol. The number of hydrogen-bond donors (Lipinski definition) is 1. The van der Waals surface area contributed by atoms with E-state index in [-0.39, 0.29) is 24.9 Å². The van der Waals surface area contributed by atoms with Crippen LogP contribution in [0.4, 0.5) is 15.8 Å². The molecule has 0 bridgehead atoms. The zero-order valence-electron chi connectivity index (χ0n) is 16.7. The van der Waals surface area contributed by atoms with Crippen LogP contribution in [-0.2, 0) is 24.2 Å². The van der Waals surface area contributed by atoms with Gasteiger partial charge >= 0.3 is 0 Å². The number of nitrogens with zero attached hydrogens (tertiary/aromatic N) is 1. The third kappa shape index (κ3) is 4.16. The first-order valence-electron chi connectivity index (χ1n) is 10.1. The molecule has 2 heterocycles. The summed E-state index contributed by atoms with van der Waals surface area (Å²) >= 11 is 6.44. The minimum absolute atomic E-state index is 0.131. The summed E-state index contributed by atoms with van der Waals surface area (Å²) in [4.78, 5) is 14.6. The van der Waals surface area contributed by atoms with Crippen molar-refractivity contribution in [1.29, 1.82) is 0 Å². The van der Waals surface area contributed by atoms with E-state index in [1.807, 2.05) is 24.3 Å². The molecule has 0 spiro atoms. The van der Waals surface area contributed by atoms with Crippen LogP contribution in [0.3, 0.4) is 0 Å². The van der Waals surface area contributed by atoms with E-state index >= 15 is 0 Å². The third-order valence-corrected chi connectivity index (χ3v) is 5.89. The molecule has 3 aromatic rings. The summed E-state index contributed by atoms with van der Waals surface area (Å²) in [5, 5.41) is 3.59. The normalized spacial score (nSPS) is 13.9. The van der Waals surface area contributed by atoms with Gasteiger partial charge in [0.25, 0.3) is 0 Å². The van der Waals surface area contributed by atoms with Gasteiger partial charge in [-0.1, -0.05) is 23.7 Å². The van der Waals surface area contributed by atoms with Gasteiger partial charge in [0.05, 0.1) is 6.42 Å². The summed E-state index contributed by atoms with van der Waals surface area (Å²) in [5.74, 6) is 0.956. The molecule has 1 amide bonds. The fourth-order valence-electron chi connectivity index (χ4n) is 3.99. The van der Waals surface area contributed by atoms with Gasteiger partial charge in [0.15, 0.2) is 11.5 Å². The maximum absolute atomic E-state index is 13.0. The maximum Gasteiger partial charge on any atom is 0.231 e. The number of anilines is 2. The van der Waals surface area contributed by atoms with Crippen LogP contribution in [0.15, 0.2) is 54.6 Å². The highest BCUT2D eigenvalue weighted by molar-refractivity contribution is 6.31. The molecular formula is C24H20ClFN2O3. The van der Waals surface area contributed by atoms with Crippen LogP contribution in [0.5, 0.6) is 11.5 Å². The first-order chi connectivity index (χ1) is 15.0. The van der Waals surface area contributed by atoms with E-state index < -0.39 is 0 Å². The van der Waals surface area contributed by atoms with Crippen LogP contribution >= 0.6 is 11.6 Å². The monoisotopic (exact) mass is 438 g/mol. The molecule has 5 nitrogen and oxygen atoms in total. The Labute approximate surface area is 184 Å². The zero-order chi connectivity index (χ0) is 21.4. The molecule has 3 aromatic carbocycles. The molecule has 7 heteroatoms. The Balaban J connectivity index is 1.26. The molecule has 158 valence electrons. The quantitative estimate of drug-likeness (QED) is 0.612. The number of fused-ring (bicyclic) bond motifs is 2. The molecule has 1 N–H and O–H groups in total. The Bertz CT molecular complexity index is 1150. The van der Waals surface area contributed by atoms with E-state index in [1.165, 1.54) is 17.7 Å². The summed E-state index contributed by atoms with van der Waals surface area (Å²) in [6.45, 7) is 1.75. The highest BCUT2D eigenvalue weighted by Gasteiger charge is 2.23. The Morgan fingerprint density at radius 3 is 2.65 bits per heavy atom. The van der Waals surface area contributed by atoms with Crippen molar-refractivity contribution in [2.45, 2.75) is 19.4 Å². The summed E-state index contributed by atoms with van der Waals surface area (Å²) in [6, 6.07) is 15.6. The maximum atomic E-state index is 13.0. The molecule has 2 aliphatic heterocycles. The molecular weight excluding hydrogens is 419 g/mol. The zero-order valence-corrected chi connectivity index (χ0v) is 17.4. The van der Waals surface area contributed by atoms with Crippen molar-refractivity contribution in [3.8, 4) is 11.5 Å². The number of halogens is 2. The van der Waals surface area contributed by atoms with Crippen molar-refractivity contribution in [2.24, 2.45) is 0 Å². The first-order valence-corrected chi connectivity index (χ1v) is 10.4. The van der Waals surface area contributed by atoms with Crippen molar-refractivity contribution in [2.75, 3.05) is 23.6 Å². The Morgan fingerprint density at radius 2 is 1.84 bits per heavy atom. The van der Waals surface area contributed by atoms with E-state index in [2.05, 4.69) is 10.2 Å². The van der Waals surface area contributed by atoms with Crippen LogP contribution < -0.4 is 19.7 Å². The topological polar surface area (TPSA) is 50.8 Å². The van der Waals surface area contributed by atoms with Gasteiger partial charge in [-0.25, -0.2) is 4.39 Å². The molecule has 0 saturated heterocycles. The second kappa shape index (κ2) is 8.12. The molecule has 0 aromatic heterocycles. The summed E-state index contributed by atoms with van der Waals surface area (Å²) in [7, 11) is 0. The number of carbonyl (C=O) groups excluding carboxylic acids is 1. The van der Waals surface area contributed by atoms with E-state index in [1.54, 1.807) is 18.2 Å². The number of amides is 1. The molecule has 0 radical (unpaired) electrons. The molecule has 0 aliphatic carbocycles. The largest absolute Gasteiger partial charge is 0.454 e. The minimum atomic E-state index is -0.311. The molecule has 0 saturated carbocycles. The van der Waals surface area contributed by atoms with Crippen molar-refractivity contribution < 1.29 is 18.7 Å². The smallest absolute Gasteiger partial charge is 0.231 e. The lowest BCUT2D eigenvalue weighted by atomic mass is 10.1. The third-order valence-electron chi connectivity index (χ3n) is 5.54. The highest BCUT2D eigenvalue weighted by atomic mass is 35.5. The number of ether oxygens (including phenoxy) is 2. The van der Waals surface area contributed by atoms with E-state index in [4.69, 9.17) is 21.1 Å². The molecule has 2 aliphatic rings. The summed E-state index contributed by atoms with van der Waals surface area (Å²) in [5.41, 5.74) is 4.82. The number of carbonyl (C=O) groups is 1. The highest BCUT2D eigenvalue weighted by Crippen LogP contribution is 2.39. The summed E-state index contributed by atoms with van der Waals surface area (Å²) in [6.07, 6.45) is 1.09. The Hall–Kier alpha value is -3.25. The van der Waals surface area contributed by atoms with E-state index in [9.17, 15) is 9.18 Å². The van der Waals surface area contributed by atoms with Crippen LogP contribution in [0.1, 0.15) is 16.7 Å². The Kier molecular flexibility index (Phi) is 5.16. The lowest BCUT2D eigenvalue weighted by molar-refractivity contribution is -0.115. The van der Waals surface area contributed by atoms with Crippen molar-refractivity contribution in [3.05, 3.63) is 82.1 Å². The average Bonchev–Trinajstić information content (AvgIpc) is 3.36. The number of nitrogens with one attached hydrogen (secondary N) is 1. The van der Waals surface area contributed by atoms with Crippen molar-refractivity contribution in [1.82, 2.24) is 0 Å². The van der Waals surface area contributed by atoms with Crippen LogP contribution in [0.2, 0.25) is 5.02 Å². The van der Waals surface area contributed by atoms with Gasteiger partial charge in [-0.15, -0.1) is 0 Å². The minimum Gasteiger partial charge on any atom is -0.454 e. The van der Waals surface area contributed by atoms with Gasteiger partial charge in [0.1, 0.15) is 5.82 Å². The number of rotatable bonds is 5. The Morgan fingerprint density at radius 1 is 1.06 bits per heavy atom. The molecule has 0 fully saturated rings. The van der Waals surface area contributed by atoms with Crippen LogP contribution in [0.25, 0.3) is 0 Å². The standard InChI is InChI=1S/C24H20ClFN2O3/c25-20-12-23-22(30-14-31-23)11-17(20)13-28-8-7-16-10-19(5-6-21(16)28)27-24(29)9-15-1-3-18(26)4-2-15/h1-6,10-12H,7-9,13-14H2,(H,27,29). The number of benzene rings is 3. The fourth-order valence-corrected chi connectivity index (χ4v) is 4.20. The van der Waals surface area contributed by atoms with Gasteiger partial charge in [0, 0.05) is 35.6 Å². The van der Waals surface area contributed by atoms with Gasteiger partial charge in [-0.3, -0.25) is 4.79 Å². The van der Waals surface area contributed by atoms with Gasteiger partial charge in [-0.2, -0.15) is 0 Å². The van der Waals surface area contributed by atoms with E-state index in [0.29, 0.717) is 17.3 Å². The lowest BCUT2D eigenvalue weighted by Gasteiger charge is -2.20. The van der Waals surface area contributed by atoms with E-state index in [0.717, 1.165) is 41.2 Å². The van der Waals surface area contributed by atoms with Crippen molar-refractivity contribution >= 4 is 28.9 Å². The lowest BCUT2D eigenvalue weighted by Crippen LogP contribution is -2.20. The van der Waals surface area contributed by atoms with Crippen LogP contribution in [-0.4, -0.2) is 19.2 Å². The van der Waals surface area contributed by atoms with Gasteiger partial charge in [0.2, 0.25) is 12.7 Å². The van der Waals surface area contributed by atoms with Gasteiger partial charge < -0.3 is 19.7 Å². The fraction of sp³-hybridized carbons (Fsp3) is 0.208. The van der Waals surface area contributed by atoms with Crippen LogP contribution in [0, 0.1) is 5.82 Å². The second-order valence-corrected chi connectivity index (χ2v) is 8.07. The van der Waals surface area contributed by atoms with Crippen molar-refractivity contribution in [3.63, 3.8) is 0 Å². The summed E-state index contributed by atoms with van der Waals surface area (Å²) < 4.78 is 23.9. The van der Waals surface area contributed by atoms with Gasteiger partial charge in [-0.05, 0) is 59.5 Å². The first kappa shape index (κ1) is 19.7. The predicted molar refractivity (Wildman–Crippen MR) is 118 cm³/mol. The second-order valence-electron chi connectivity index (χ2n) is 7.66. The SMILES string of the molecule is O=C(Cc1ccc(F)cc1)Nc1ccc2c(c1)CCN2Cc1cc2c(cc1Cl)OCO2. The molecule has 31 heavy (non-hydrogen) atoms. The molecule has 0 unspecified atom stereocenters. The molecule has 0 atom stereocenters. The molecule has 5 rings (SSSR count). The number of hydrogen-bond acceptors (Lipinski definition) is 4. The predicted octanol–water partition coefficient (Wildman–Crippen LogP) is 4.95.